The molecule has 10 heteroatoms. The first-order chi connectivity index (χ1) is 18.1. The van der Waals surface area contributed by atoms with Gasteiger partial charge >= 0.3 is 6.09 Å². The van der Waals surface area contributed by atoms with Crippen LogP contribution >= 0.6 is 0 Å². The standard InChI is InChI=1S/C28H30N2O7S/c1-18-12-19(23-7-5-4-6-20(23)17-37-38(3,33)34)8-9-22(18)25-15-30(27(31)32)11-10-28(25)24-13-26(35-2)29-14-21(24)16-36-28/h4-9,12-14,25H,10-11,15-17H2,1-3H3,(H,31,32)/t25-,28+/m1/s1. The Hall–Kier alpha value is -3.47. The van der Waals surface area contributed by atoms with Gasteiger partial charge in [0.15, 0.2) is 0 Å². The van der Waals surface area contributed by atoms with Crippen LogP contribution in [0.15, 0.2) is 54.7 Å². The lowest BCUT2D eigenvalue weighted by Gasteiger charge is -2.45. The molecule has 1 amide bonds. The monoisotopic (exact) mass is 538 g/mol. The van der Waals surface area contributed by atoms with Crippen LogP contribution in [0.5, 0.6) is 5.88 Å². The summed E-state index contributed by atoms with van der Waals surface area (Å²) in [6.45, 7) is 3.00. The summed E-state index contributed by atoms with van der Waals surface area (Å²) in [7, 11) is -2.01. The van der Waals surface area contributed by atoms with E-state index in [1.165, 1.54) is 4.90 Å². The number of piperidine rings is 1. The van der Waals surface area contributed by atoms with E-state index in [4.69, 9.17) is 13.7 Å². The molecule has 0 bridgehead atoms. The molecule has 9 nitrogen and oxygen atoms in total. The van der Waals surface area contributed by atoms with Gasteiger partial charge in [0, 0.05) is 36.8 Å². The zero-order chi connectivity index (χ0) is 27.1. The first-order valence-corrected chi connectivity index (χ1v) is 14.1. The number of hydrogen-bond acceptors (Lipinski definition) is 7. The Kier molecular flexibility index (Phi) is 6.89. The first-order valence-electron chi connectivity index (χ1n) is 12.3. The maximum Gasteiger partial charge on any atom is 0.407 e. The van der Waals surface area contributed by atoms with E-state index in [-0.39, 0.29) is 12.5 Å². The molecule has 2 aliphatic heterocycles. The predicted molar refractivity (Wildman–Crippen MR) is 140 cm³/mol. The van der Waals surface area contributed by atoms with Crippen molar-refractivity contribution < 1.29 is 32.0 Å². The maximum atomic E-state index is 12.0. The SMILES string of the molecule is COc1cc2c(cn1)CO[C@@]21CCN(C(=O)O)C[C@@H]1c1ccc(-c2ccccc2COS(C)(=O)=O)cc1C. The highest BCUT2D eigenvalue weighted by molar-refractivity contribution is 7.85. The summed E-state index contributed by atoms with van der Waals surface area (Å²) in [6.07, 6.45) is 2.36. The van der Waals surface area contributed by atoms with Crippen molar-refractivity contribution in [1.29, 1.82) is 0 Å². The van der Waals surface area contributed by atoms with Gasteiger partial charge in [-0.1, -0.05) is 42.5 Å². The summed E-state index contributed by atoms with van der Waals surface area (Å²) >= 11 is 0. The summed E-state index contributed by atoms with van der Waals surface area (Å²) in [5, 5.41) is 9.81. The zero-order valence-corrected chi connectivity index (χ0v) is 22.3. The van der Waals surface area contributed by atoms with Gasteiger partial charge in [0.25, 0.3) is 10.1 Å². The molecule has 1 N–H and O–H groups in total. The molecule has 2 aliphatic rings. The van der Waals surface area contributed by atoms with Crippen molar-refractivity contribution >= 4 is 16.2 Å². The van der Waals surface area contributed by atoms with Crippen molar-refractivity contribution in [3.8, 4) is 17.0 Å². The minimum absolute atomic E-state index is 0.0599. The van der Waals surface area contributed by atoms with Crippen LogP contribution in [0.1, 0.15) is 40.2 Å². The molecule has 2 atom stereocenters. The molecule has 200 valence electrons. The van der Waals surface area contributed by atoms with E-state index < -0.39 is 21.8 Å². The molecule has 1 aromatic heterocycles. The largest absolute Gasteiger partial charge is 0.481 e. The van der Waals surface area contributed by atoms with Crippen LogP contribution in [0.4, 0.5) is 4.79 Å². The van der Waals surface area contributed by atoms with E-state index >= 15 is 0 Å². The van der Waals surface area contributed by atoms with Gasteiger partial charge in [0.1, 0.15) is 5.60 Å². The van der Waals surface area contributed by atoms with Crippen molar-refractivity contribution in [2.75, 3.05) is 26.5 Å². The molecule has 1 spiro atoms. The van der Waals surface area contributed by atoms with Gasteiger partial charge in [0.2, 0.25) is 5.88 Å². The number of aryl methyl sites for hydroxylation is 1. The Labute approximate surface area is 222 Å². The third kappa shape index (κ3) is 4.87. The highest BCUT2D eigenvalue weighted by Gasteiger charge is 2.51. The fraction of sp³-hybridized carbons (Fsp3) is 0.357. The second kappa shape index (κ2) is 10.0. The quantitative estimate of drug-likeness (QED) is 0.458. The Morgan fingerprint density at radius 3 is 2.74 bits per heavy atom. The summed E-state index contributed by atoms with van der Waals surface area (Å²) < 4.78 is 40.1. The van der Waals surface area contributed by atoms with Crippen LogP contribution in [0.25, 0.3) is 11.1 Å². The van der Waals surface area contributed by atoms with Gasteiger partial charge < -0.3 is 19.5 Å². The lowest BCUT2D eigenvalue weighted by molar-refractivity contribution is -0.0915. The van der Waals surface area contributed by atoms with Gasteiger partial charge in [-0.2, -0.15) is 8.42 Å². The number of likely N-dealkylation sites (tertiary alicyclic amines) is 1. The fourth-order valence-corrected chi connectivity index (χ4v) is 6.00. The van der Waals surface area contributed by atoms with Crippen LogP contribution in [0.3, 0.4) is 0 Å². The van der Waals surface area contributed by atoms with Crippen LogP contribution < -0.4 is 4.74 Å². The Morgan fingerprint density at radius 1 is 1.24 bits per heavy atom. The molecular weight excluding hydrogens is 508 g/mol. The number of ether oxygens (including phenoxy) is 2. The molecule has 1 fully saturated rings. The number of methoxy groups -OCH3 is 1. The molecule has 2 aromatic carbocycles. The Morgan fingerprint density at radius 2 is 2.03 bits per heavy atom. The highest BCUT2D eigenvalue weighted by Crippen LogP contribution is 2.52. The smallest absolute Gasteiger partial charge is 0.407 e. The number of rotatable bonds is 6. The van der Waals surface area contributed by atoms with E-state index in [0.717, 1.165) is 45.2 Å². The van der Waals surface area contributed by atoms with Gasteiger partial charge in [-0.15, -0.1) is 0 Å². The Bertz CT molecular complexity index is 1490. The van der Waals surface area contributed by atoms with E-state index in [1.807, 2.05) is 55.5 Å². The number of carboxylic acid groups (broad SMARTS) is 1. The Balaban J connectivity index is 1.56. The second-order valence-electron chi connectivity index (χ2n) is 9.79. The number of hydrogen-bond donors (Lipinski definition) is 1. The summed E-state index contributed by atoms with van der Waals surface area (Å²) in [4.78, 5) is 17.8. The molecule has 3 aromatic rings. The first kappa shape index (κ1) is 26.1. The van der Waals surface area contributed by atoms with Crippen molar-refractivity contribution in [2.24, 2.45) is 0 Å². The number of pyridine rings is 1. The molecule has 3 heterocycles. The van der Waals surface area contributed by atoms with Crippen molar-refractivity contribution in [3.05, 3.63) is 82.5 Å². The third-order valence-electron chi connectivity index (χ3n) is 7.50. The van der Waals surface area contributed by atoms with E-state index in [0.29, 0.717) is 32.0 Å². The van der Waals surface area contributed by atoms with Crippen LogP contribution in [0.2, 0.25) is 0 Å². The normalized spacial score (nSPS) is 20.9. The molecule has 0 aliphatic carbocycles. The van der Waals surface area contributed by atoms with Crippen molar-refractivity contribution in [3.63, 3.8) is 0 Å². The number of benzene rings is 2. The van der Waals surface area contributed by atoms with Crippen LogP contribution in [-0.4, -0.2) is 56.0 Å². The molecule has 5 rings (SSSR count). The minimum atomic E-state index is -3.59. The zero-order valence-electron chi connectivity index (χ0n) is 21.5. The van der Waals surface area contributed by atoms with Crippen molar-refractivity contribution in [2.45, 2.75) is 38.1 Å². The number of fused-ring (bicyclic) bond motifs is 2. The topological polar surface area (TPSA) is 115 Å². The summed E-state index contributed by atoms with van der Waals surface area (Å²) in [5.41, 5.74) is 5.78. The van der Waals surface area contributed by atoms with Crippen LogP contribution in [0, 0.1) is 6.92 Å². The highest BCUT2D eigenvalue weighted by atomic mass is 32.2. The molecular formula is C28H30N2O7S. The summed E-state index contributed by atoms with van der Waals surface area (Å²) in [5.74, 6) is 0.242. The van der Waals surface area contributed by atoms with Crippen LogP contribution in [-0.2, 0) is 37.9 Å². The number of aromatic nitrogens is 1. The molecule has 0 saturated carbocycles. The van der Waals surface area contributed by atoms with Gasteiger partial charge in [-0.3, -0.25) is 4.18 Å². The molecule has 38 heavy (non-hydrogen) atoms. The molecule has 0 radical (unpaired) electrons. The van der Waals surface area contributed by atoms with Gasteiger partial charge in [0.05, 0.1) is 26.6 Å². The van der Waals surface area contributed by atoms with Crippen molar-refractivity contribution in [1.82, 2.24) is 9.88 Å². The number of nitrogens with zero attached hydrogens (tertiary/aromatic N) is 2. The average molecular weight is 539 g/mol. The third-order valence-corrected chi connectivity index (χ3v) is 8.05. The molecule has 0 unspecified atom stereocenters. The lowest BCUT2D eigenvalue weighted by atomic mass is 9.71. The number of carbonyl (C=O) groups is 1. The maximum absolute atomic E-state index is 12.0. The van der Waals surface area contributed by atoms with E-state index in [1.54, 1.807) is 13.3 Å². The predicted octanol–water partition coefficient (Wildman–Crippen LogP) is 4.43. The van der Waals surface area contributed by atoms with Gasteiger partial charge in [-0.05, 0) is 46.7 Å². The average Bonchev–Trinajstić information content (AvgIpc) is 3.25. The summed E-state index contributed by atoms with van der Waals surface area (Å²) in [6, 6.07) is 15.5. The second-order valence-corrected chi connectivity index (χ2v) is 11.4. The molecule has 1 saturated heterocycles. The van der Waals surface area contributed by atoms with E-state index in [2.05, 4.69) is 4.98 Å². The van der Waals surface area contributed by atoms with Gasteiger partial charge in [-0.25, -0.2) is 9.78 Å². The van der Waals surface area contributed by atoms with E-state index in [9.17, 15) is 18.3 Å². The number of amides is 1. The lowest BCUT2D eigenvalue weighted by Crippen LogP contribution is -2.50. The fourth-order valence-electron chi connectivity index (χ4n) is 5.65. The minimum Gasteiger partial charge on any atom is -0.481 e.